The lowest BCUT2D eigenvalue weighted by molar-refractivity contribution is 0.0907. The normalized spacial score (nSPS) is 14.1. The van der Waals surface area contributed by atoms with Crippen LogP contribution in [-0.2, 0) is 4.74 Å². The van der Waals surface area contributed by atoms with Gasteiger partial charge in [0.15, 0.2) is 0 Å². The summed E-state index contributed by atoms with van der Waals surface area (Å²) in [6.45, 7) is 4.86. The summed E-state index contributed by atoms with van der Waals surface area (Å²) in [7, 11) is 0. The number of nitrogens with zero attached hydrogens (tertiary/aromatic N) is 1. The van der Waals surface area contributed by atoms with Crippen LogP contribution in [0.5, 0.6) is 0 Å². The van der Waals surface area contributed by atoms with Crippen molar-refractivity contribution in [2.75, 3.05) is 31.6 Å². The fourth-order valence-electron chi connectivity index (χ4n) is 1.86. The van der Waals surface area contributed by atoms with E-state index in [1.165, 1.54) is 12.8 Å². The molecule has 1 aromatic heterocycles. The largest absolute Gasteiger partial charge is 0.384 e. The van der Waals surface area contributed by atoms with Crippen LogP contribution in [0.15, 0.2) is 18.5 Å². The van der Waals surface area contributed by atoms with Gasteiger partial charge < -0.3 is 15.4 Å². The summed E-state index contributed by atoms with van der Waals surface area (Å²) in [5.74, 6) is 0.653. The zero-order valence-electron chi connectivity index (χ0n) is 12.0. The summed E-state index contributed by atoms with van der Waals surface area (Å²) in [4.78, 5) is 16.1. The molecule has 0 aliphatic heterocycles. The van der Waals surface area contributed by atoms with Gasteiger partial charge in [0.2, 0.25) is 0 Å². The molecule has 2 rings (SSSR count). The number of rotatable bonds is 9. The lowest BCUT2D eigenvalue weighted by Gasteiger charge is -2.11. The van der Waals surface area contributed by atoms with E-state index in [1.807, 2.05) is 6.07 Å². The van der Waals surface area contributed by atoms with Gasteiger partial charge in [-0.3, -0.25) is 9.78 Å². The number of aromatic nitrogens is 1. The Morgan fingerprint density at radius 2 is 2.30 bits per heavy atom. The Hall–Kier alpha value is -1.62. The van der Waals surface area contributed by atoms with Gasteiger partial charge in [-0.15, -0.1) is 0 Å². The van der Waals surface area contributed by atoms with E-state index in [4.69, 9.17) is 4.74 Å². The molecule has 1 saturated carbocycles. The minimum Gasteiger partial charge on any atom is -0.384 e. The molecule has 1 aliphatic rings. The predicted molar refractivity (Wildman–Crippen MR) is 78.9 cm³/mol. The first-order chi connectivity index (χ1) is 9.81. The second kappa shape index (κ2) is 7.85. The Labute approximate surface area is 120 Å². The number of anilines is 1. The predicted octanol–water partition coefficient (Wildman–Crippen LogP) is 2.06. The maximum Gasteiger partial charge on any atom is 0.255 e. The van der Waals surface area contributed by atoms with Crippen LogP contribution in [0.1, 0.15) is 36.5 Å². The van der Waals surface area contributed by atoms with Gasteiger partial charge in [-0.2, -0.15) is 0 Å². The Morgan fingerprint density at radius 1 is 1.45 bits per heavy atom. The summed E-state index contributed by atoms with van der Waals surface area (Å²) in [6, 6.07) is 1.83. The number of pyridine rings is 1. The van der Waals surface area contributed by atoms with Gasteiger partial charge >= 0.3 is 0 Å². The molecular weight excluding hydrogens is 254 g/mol. The summed E-state index contributed by atoms with van der Waals surface area (Å²) in [6.07, 6.45) is 6.87. The van der Waals surface area contributed by atoms with Crippen molar-refractivity contribution in [1.29, 1.82) is 0 Å². The van der Waals surface area contributed by atoms with Gasteiger partial charge in [-0.1, -0.05) is 6.92 Å². The maximum atomic E-state index is 12.1. The topological polar surface area (TPSA) is 63.2 Å². The number of nitrogens with one attached hydrogen (secondary N) is 2. The van der Waals surface area contributed by atoms with Crippen LogP contribution in [0.3, 0.4) is 0 Å². The highest BCUT2D eigenvalue weighted by Gasteiger charge is 2.20. The first-order valence-electron chi connectivity index (χ1n) is 7.35. The quantitative estimate of drug-likeness (QED) is 0.678. The molecule has 0 bridgehead atoms. The van der Waals surface area contributed by atoms with Crippen molar-refractivity contribution in [3.05, 3.63) is 24.0 Å². The third kappa shape index (κ3) is 4.81. The third-order valence-corrected chi connectivity index (χ3v) is 3.21. The van der Waals surface area contributed by atoms with Crippen molar-refractivity contribution in [3.63, 3.8) is 0 Å². The van der Waals surface area contributed by atoms with Crippen molar-refractivity contribution in [3.8, 4) is 0 Å². The molecule has 0 spiro atoms. The van der Waals surface area contributed by atoms with Crippen molar-refractivity contribution in [2.45, 2.75) is 26.2 Å². The Morgan fingerprint density at radius 3 is 3.05 bits per heavy atom. The minimum absolute atomic E-state index is 0.105. The van der Waals surface area contributed by atoms with Gasteiger partial charge in [0.05, 0.1) is 17.9 Å². The maximum absolute atomic E-state index is 12.1. The molecule has 0 unspecified atom stereocenters. The fraction of sp³-hybridized carbons (Fsp3) is 0.600. The zero-order valence-corrected chi connectivity index (χ0v) is 12.0. The molecule has 20 heavy (non-hydrogen) atoms. The molecule has 5 heteroatoms. The van der Waals surface area contributed by atoms with Crippen LogP contribution in [0, 0.1) is 5.92 Å². The van der Waals surface area contributed by atoms with Crippen molar-refractivity contribution < 1.29 is 9.53 Å². The van der Waals surface area contributed by atoms with Gasteiger partial charge in [0, 0.05) is 32.1 Å². The number of carbonyl (C=O) groups excluding carboxylic acids is 1. The summed E-state index contributed by atoms with van der Waals surface area (Å²) in [5, 5.41) is 6.10. The van der Waals surface area contributed by atoms with Crippen LogP contribution >= 0.6 is 0 Å². The Balaban J connectivity index is 1.75. The Kier molecular flexibility index (Phi) is 5.80. The molecule has 1 amide bonds. The van der Waals surface area contributed by atoms with E-state index in [2.05, 4.69) is 22.5 Å². The van der Waals surface area contributed by atoms with Gasteiger partial charge in [0.25, 0.3) is 5.91 Å². The first kappa shape index (κ1) is 14.8. The average molecular weight is 277 g/mol. The molecule has 1 fully saturated rings. The number of carbonyl (C=O) groups is 1. The van der Waals surface area contributed by atoms with E-state index < -0.39 is 0 Å². The number of amides is 1. The highest BCUT2D eigenvalue weighted by molar-refractivity contribution is 5.99. The molecule has 0 atom stereocenters. The van der Waals surface area contributed by atoms with E-state index in [-0.39, 0.29) is 5.91 Å². The lowest BCUT2D eigenvalue weighted by Crippen LogP contribution is -2.28. The molecule has 2 N–H and O–H groups in total. The van der Waals surface area contributed by atoms with Crippen LogP contribution in [-0.4, -0.2) is 37.2 Å². The molecule has 5 nitrogen and oxygen atoms in total. The van der Waals surface area contributed by atoms with Crippen molar-refractivity contribution >= 4 is 11.6 Å². The molecule has 110 valence electrons. The second-order valence-electron chi connectivity index (χ2n) is 5.12. The third-order valence-electron chi connectivity index (χ3n) is 3.21. The fourth-order valence-corrected chi connectivity index (χ4v) is 1.86. The summed E-state index contributed by atoms with van der Waals surface area (Å²) >= 11 is 0. The van der Waals surface area contributed by atoms with Gasteiger partial charge in [-0.05, 0) is 31.2 Å². The van der Waals surface area contributed by atoms with E-state index in [0.717, 1.165) is 31.2 Å². The van der Waals surface area contributed by atoms with Crippen molar-refractivity contribution in [2.24, 2.45) is 5.92 Å². The molecular formula is C15H23N3O2. The standard InChI is InChI=1S/C15H23N3O2/c1-2-6-17-14-5-7-16-10-13(14)15(19)18-8-9-20-11-12-3-4-12/h5,7,10,12H,2-4,6,8-9,11H2,1H3,(H,16,17)(H,18,19). The van der Waals surface area contributed by atoms with Crippen molar-refractivity contribution in [1.82, 2.24) is 10.3 Å². The van der Waals surface area contributed by atoms with Crippen LogP contribution in [0.25, 0.3) is 0 Å². The van der Waals surface area contributed by atoms with E-state index in [0.29, 0.717) is 18.7 Å². The molecule has 0 aromatic carbocycles. The molecule has 1 heterocycles. The second-order valence-corrected chi connectivity index (χ2v) is 5.12. The molecule has 1 aliphatic carbocycles. The van der Waals surface area contributed by atoms with Gasteiger partial charge in [0.1, 0.15) is 0 Å². The lowest BCUT2D eigenvalue weighted by atomic mass is 10.2. The number of ether oxygens (including phenoxy) is 1. The first-order valence-corrected chi connectivity index (χ1v) is 7.35. The molecule has 1 aromatic rings. The smallest absolute Gasteiger partial charge is 0.255 e. The highest BCUT2D eigenvalue weighted by Crippen LogP contribution is 2.28. The van der Waals surface area contributed by atoms with E-state index in [1.54, 1.807) is 12.4 Å². The summed E-state index contributed by atoms with van der Waals surface area (Å²) < 4.78 is 5.49. The van der Waals surface area contributed by atoms with E-state index >= 15 is 0 Å². The minimum atomic E-state index is -0.105. The number of hydrogen-bond acceptors (Lipinski definition) is 4. The Bertz CT molecular complexity index is 433. The van der Waals surface area contributed by atoms with Crippen LogP contribution in [0.4, 0.5) is 5.69 Å². The average Bonchev–Trinajstić information content (AvgIpc) is 3.29. The highest BCUT2D eigenvalue weighted by atomic mass is 16.5. The van der Waals surface area contributed by atoms with Crippen LogP contribution < -0.4 is 10.6 Å². The zero-order chi connectivity index (χ0) is 14.2. The SMILES string of the molecule is CCCNc1ccncc1C(=O)NCCOCC1CC1. The number of hydrogen-bond donors (Lipinski definition) is 2. The molecule has 0 radical (unpaired) electrons. The van der Waals surface area contributed by atoms with E-state index in [9.17, 15) is 4.79 Å². The summed E-state index contributed by atoms with van der Waals surface area (Å²) in [5.41, 5.74) is 1.42. The molecule has 0 saturated heterocycles. The van der Waals surface area contributed by atoms with Crippen LogP contribution in [0.2, 0.25) is 0 Å². The van der Waals surface area contributed by atoms with Gasteiger partial charge in [-0.25, -0.2) is 0 Å². The monoisotopic (exact) mass is 277 g/mol.